The van der Waals surface area contributed by atoms with Gasteiger partial charge in [-0.15, -0.1) is 0 Å². The zero-order valence-corrected chi connectivity index (χ0v) is 20.1. The molecule has 156 valence electrons. The van der Waals surface area contributed by atoms with Crippen LogP contribution in [0.1, 0.15) is 62.3 Å². The normalized spacial score (nSPS) is 11.0. The SMILES string of the molecule is CC(C)CN(CC(C)C)C(=O)S.CCSC(=O)N(CC(C)C)CC(C)C. The molecule has 0 heterocycles. The van der Waals surface area contributed by atoms with Crippen LogP contribution < -0.4 is 0 Å². The average molecular weight is 407 g/mol. The fourth-order valence-electron chi connectivity index (χ4n) is 2.43. The number of amides is 2. The summed E-state index contributed by atoms with van der Waals surface area (Å²) in [5.41, 5.74) is 0. The summed E-state index contributed by atoms with van der Waals surface area (Å²) in [5.74, 6) is 3.00. The molecular weight excluding hydrogens is 364 g/mol. The van der Waals surface area contributed by atoms with Crippen LogP contribution in [0, 0.1) is 23.7 Å². The van der Waals surface area contributed by atoms with Gasteiger partial charge in [0.1, 0.15) is 0 Å². The molecule has 0 aromatic heterocycles. The summed E-state index contributed by atoms with van der Waals surface area (Å²) in [4.78, 5) is 26.5. The van der Waals surface area contributed by atoms with E-state index in [2.05, 4.69) is 68.0 Å². The summed E-state index contributed by atoms with van der Waals surface area (Å²) >= 11 is 5.24. The minimum absolute atomic E-state index is 0.114. The van der Waals surface area contributed by atoms with Gasteiger partial charge >= 0.3 is 0 Å². The molecule has 0 atom stereocenters. The maximum Gasteiger partial charge on any atom is 0.281 e. The Kier molecular flexibility index (Phi) is 16.8. The molecule has 0 rings (SSSR count). The minimum atomic E-state index is -0.114. The molecular formula is C20H42N2O2S2. The van der Waals surface area contributed by atoms with E-state index in [1.54, 1.807) is 4.90 Å². The van der Waals surface area contributed by atoms with Crippen molar-refractivity contribution in [1.29, 1.82) is 0 Å². The van der Waals surface area contributed by atoms with E-state index >= 15 is 0 Å². The second-order valence-corrected chi connectivity index (χ2v) is 9.96. The number of rotatable bonds is 9. The van der Waals surface area contributed by atoms with Crippen LogP contribution in [0.25, 0.3) is 0 Å². The van der Waals surface area contributed by atoms with Gasteiger partial charge in [0, 0.05) is 26.2 Å². The lowest BCUT2D eigenvalue weighted by molar-refractivity contribution is 0.207. The molecule has 0 fully saturated rings. The number of hydrogen-bond acceptors (Lipinski definition) is 3. The van der Waals surface area contributed by atoms with Gasteiger partial charge in [0.2, 0.25) is 0 Å². The first kappa shape index (κ1) is 27.9. The standard InChI is InChI=1S/C11H23NOS.C9H19NOS/c1-6-14-11(13)12(7-9(2)3)8-10(4)5;1-7(2)5-10(9(11)12)6-8(3)4/h9-10H,6-8H2,1-5H3;7-8H,5-6H2,1-4H3,(H,11,12). The van der Waals surface area contributed by atoms with Crippen molar-refractivity contribution >= 4 is 34.9 Å². The van der Waals surface area contributed by atoms with E-state index in [4.69, 9.17) is 0 Å². The molecule has 0 saturated heterocycles. The Morgan fingerprint density at radius 1 is 0.731 bits per heavy atom. The number of thioether (sulfide) groups is 1. The molecule has 0 N–H and O–H groups in total. The highest BCUT2D eigenvalue weighted by Gasteiger charge is 2.15. The van der Waals surface area contributed by atoms with E-state index in [0.717, 1.165) is 31.9 Å². The number of carbonyl (C=O) groups is 2. The largest absolute Gasteiger partial charge is 0.333 e. The highest BCUT2D eigenvalue weighted by molar-refractivity contribution is 8.13. The van der Waals surface area contributed by atoms with Gasteiger partial charge in [-0.2, -0.15) is 0 Å². The summed E-state index contributed by atoms with van der Waals surface area (Å²) in [6, 6.07) is 0. The van der Waals surface area contributed by atoms with Gasteiger partial charge in [-0.25, -0.2) is 0 Å². The second-order valence-electron chi connectivity index (χ2n) is 8.37. The monoisotopic (exact) mass is 406 g/mol. The van der Waals surface area contributed by atoms with Gasteiger partial charge in [-0.05, 0) is 29.4 Å². The molecule has 0 bridgehead atoms. The molecule has 0 aromatic carbocycles. The molecule has 0 aliphatic heterocycles. The summed E-state index contributed by atoms with van der Waals surface area (Å²) in [7, 11) is 0. The Labute approximate surface area is 172 Å². The van der Waals surface area contributed by atoms with Crippen molar-refractivity contribution < 1.29 is 9.59 Å². The Hall–Kier alpha value is -0.360. The molecule has 0 saturated carbocycles. The first-order valence-electron chi connectivity index (χ1n) is 9.80. The van der Waals surface area contributed by atoms with Crippen LogP contribution in [0.4, 0.5) is 9.59 Å². The van der Waals surface area contributed by atoms with Crippen molar-refractivity contribution in [2.24, 2.45) is 23.7 Å². The van der Waals surface area contributed by atoms with Crippen molar-refractivity contribution in [3.63, 3.8) is 0 Å². The number of nitrogens with zero attached hydrogens (tertiary/aromatic N) is 2. The third-order valence-corrected chi connectivity index (χ3v) is 4.22. The summed E-state index contributed by atoms with van der Waals surface area (Å²) < 4.78 is 0. The topological polar surface area (TPSA) is 40.6 Å². The Morgan fingerprint density at radius 2 is 1.04 bits per heavy atom. The van der Waals surface area contributed by atoms with Crippen LogP contribution in [-0.2, 0) is 0 Å². The molecule has 0 unspecified atom stereocenters. The summed E-state index contributed by atoms with van der Waals surface area (Å²) in [6.07, 6.45) is 0. The minimum Gasteiger partial charge on any atom is -0.333 e. The fourth-order valence-corrected chi connectivity index (χ4v) is 3.17. The van der Waals surface area contributed by atoms with Gasteiger partial charge in [0.05, 0.1) is 0 Å². The van der Waals surface area contributed by atoms with Crippen LogP contribution in [0.5, 0.6) is 0 Å². The number of carbonyl (C=O) groups excluding carboxylic acids is 2. The van der Waals surface area contributed by atoms with Crippen LogP contribution >= 0.6 is 24.4 Å². The highest BCUT2D eigenvalue weighted by Crippen LogP contribution is 2.12. The molecule has 0 spiro atoms. The van der Waals surface area contributed by atoms with Crippen LogP contribution in [0.15, 0.2) is 0 Å². The third kappa shape index (κ3) is 17.1. The van der Waals surface area contributed by atoms with Gasteiger partial charge in [-0.3, -0.25) is 9.59 Å². The predicted octanol–water partition coefficient (Wildman–Crippen LogP) is 6.12. The Morgan fingerprint density at radius 3 is 1.27 bits per heavy atom. The highest BCUT2D eigenvalue weighted by atomic mass is 32.2. The fraction of sp³-hybridized carbons (Fsp3) is 0.900. The molecule has 4 nitrogen and oxygen atoms in total. The molecule has 0 aliphatic rings. The number of hydrogen-bond donors (Lipinski definition) is 1. The molecule has 2 amide bonds. The quantitative estimate of drug-likeness (QED) is 0.469. The van der Waals surface area contributed by atoms with Gasteiger partial charge in [0.25, 0.3) is 10.5 Å². The van der Waals surface area contributed by atoms with Crippen molar-refractivity contribution in [2.45, 2.75) is 62.3 Å². The van der Waals surface area contributed by atoms with E-state index in [1.807, 2.05) is 11.8 Å². The second kappa shape index (κ2) is 15.7. The maximum atomic E-state index is 11.7. The third-order valence-electron chi connectivity index (χ3n) is 3.14. The molecule has 6 heteroatoms. The van der Waals surface area contributed by atoms with Gasteiger partial charge < -0.3 is 9.80 Å². The first-order valence-corrected chi connectivity index (χ1v) is 11.2. The van der Waals surface area contributed by atoms with E-state index in [1.165, 1.54) is 11.8 Å². The van der Waals surface area contributed by atoms with Gasteiger partial charge in [-0.1, -0.05) is 86.7 Å². The maximum absolute atomic E-state index is 11.7. The van der Waals surface area contributed by atoms with E-state index < -0.39 is 0 Å². The van der Waals surface area contributed by atoms with E-state index in [-0.39, 0.29) is 10.5 Å². The summed E-state index contributed by atoms with van der Waals surface area (Å²) in [6.45, 7) is 22.4. The Bertz CT molecular complexity index is 366. The first-order chi connectivity index (χ1) is 11.9. The lowest BCUT2D eigenvalue weighted by atomic mass is 10.1. The molecule has 26 heavy (non-hydrogen) atoms. The van der Waals surface area contributed by atoms with Crippen LogP contribution in [0.3, 0.4) is 0 Å². The van der Waals surface area contributed by atoms with Crippen molar-refractivity contribution in [2.75, 3.05) is 31.9 Å². The molecule has 0 radical (unpaired) electrons. The zero-order valence-electron chi connectivity index (χ0n) is 18.4. The number of thiol groups is 1. The van der Waals surface area contributed by atoms with Crippen molar-refractivity contribution in [1.82, 2.24) is 9.80 Å². The lowest BCUT2D eigenvalue weighted by Crippen LogP contribution is -2.34. The van der Waals surface area contributed by atoms with E-state index in [0.29, 0.717) is 23.7 Å². The zero-order chi connectivity index (χ0) is 20.9. The van der Waals surface area contributed by atoms with Crippen LogP contribution in [-0.4, -0.2) is 52.2 Å². The van der Waals surface area contributed by atoms with E-state index in [9.17, 15) is 9.59 Å². The lowest BCUT2D eigenvalue weighted by Gasteiger charge is -2.25. The van der Waals surface area contributed by atoms with Gasteiger partial charge in [0.15, 0.2) is 0 Å². The van der Waals surface area contributed by atoms with Crippen LogP contribution in [0.2, 0.25) is 0 Å². The van der Waals surface area contributed by atoms with Crippen molar-refractivity contribution in [3.05, 3.63) is 0 Å². The van der Waals surface area contributed by atoms with Crippen molar-refractivity contribution in [3.8, 4) is 0 Å². The summed E-state index contributed by atoms with van der Waals surface area (Å²) in [5, 5.41) is 0.118. The smallest absolute Gasteiger partial charge is 0.281 e. The predicted molar refractivity (Wildman–Crippen MR) is 120 cm³/mol. The molecule has 0 aliphatic carbocycles. The molecule has 0 aromatic rings. The Balaban J connectivity index is 0. The average Bonchev–Trinajstić information content (AvgIpc) is 2.44.